The van der Waals surface area contributed by atoms with E-state index in [1.807, 2.05) is 26.4 Å². The van der Waals surface area contributed by atoms with Crippen molar-refractivity contribution in [2.24, 2.45) is 28.9 Å². The summed E-state index contributed by atoms with van der Waals surface area (Å²) in [5, 5.41) is 41.4. The Bertz CT molecular complexity index is 561. The maximum atomic E-state index is 10.1. The summed E-state index contributed by atoms with van der Waals surface area (Å²) in [6, 6.07) is -3.21. The zero-order valence-corrected chi connectivity index (χ0v) is 22.6. The molecular weight excluding hydrogens is 504 g/mol. The summed E-state index contributed by atoms with van der Waals surface area (Å²) in [7, 11) is 0. The van der Waals surface area contributed by atoms with E-state index in [1.165, 1.54) is 6.92 Å². The smallest absolute Gasteiger partial charge is 0.323 e. The van der Waals surface area contributed by atoms with Crippen molar-refractivity contribution in [3.63, 3.8) is 0 Å². The summed E-state index contributed by atoms with van der Waals surface area (Å²) in [4.78, 5) is 40.1. The number of carboxylic acid groups (broad SMARTS) is 4. The molecule has 0 aromatic heterocycles. The Morgan fingerprint density at radius 2 is 0.971 bits per heavy atom. The van der Waals surface area contributed by atoms with E-state index >= 15 is 0 Å². The predicted octanol–water partition coefficient (Wildman–Crippen LogP) is -0.474. The first kappa shape index (κ1) is 40.5. The summed E-state index contributed by atoms with van der Waals surface area (Å²) in [5.41, 5.74) is 20.5. The van der Waals surface area contributed by atoms with Gasteiger partial charge in [-0.05, 0) is 56.1 Å². The van der Waals surface area contributed by atoms with Crippen LogP contribution in [-0.2, 0) is 19.2 Å². The van der Waals surface area contributed by atoms with Crippen LogP contribution in [0.2, 0.25) is 0 Å². The molecule has 0 aromatic carbocycles. The second kappa shape index (κ2) is 25.5. The highest BCUT2D eigenvalue weighted by Crippen LogP contribution is 2.01. The number of nitrogens with two attached hydrogens (primary N) is 4. The van der Waals surface area contributed by atoms with Crippen LogP contribution in [0.5, 0.6) is 0 Å². The van der Waals surface area contributed by atoms with Crippen LogP contribution in [0.3, 0.4) is 0 Å². The van der Waals surface area contributed by atoms with E-state index in [-0.39, 0.29) is 0 Å². The zero-order valence-electron chi connectivity index (χ0n) is 21.0. The minimum absolute atomic E-state index is 0.357. The van der Waals surface area contributed by atoms with Gasteiger partial charge in [-0.25, -0.2) is 0 Å². The molecule has 15 heteroatoms. The number of hydrogen-bond donors (Lipinski definition) is 9. The van der Waals surface area contributed by atoms with E-state index in [0.29, 0.717) is 25.2 Å². The Morgan fingerprint density at radius 1 is 0.657 bits per heavy atom. The fraction of sp³-hybridized carbons (Fsp3) is 0.800. The van der Waals surface area contributed by atoms with Crippen molar-refractivity contribution in [1.82, 2.24) is 0 Å². The van der Waals surface area contributed by atoms with Crippen molar-refractivity contribution in [1.29, 1.82) is 0 Å². The lowest BCUT2D eigenvalue weighted by molar-refractivity contribution is -0.141. The molecule has 0 spiro atoms. The van der Waals surface area contributed by atoms with Crippen LogP contribution in [0.1, 0.15) is 40.0 Å². The Labute approximate surface area is 215 Å². The van der Waals surface area contributed by atoms with Crippen LogP contribution in [-0.4, -0.2) is 104 Å². The Balaban J connectivity index is -0.000000183. The van der Waals surface area contributed by atoms with Crippen molar-refractivity contribution in [2.45, 2.75) is 70.3 Å². The first-order valence-electron chi connectivity index (χ1n) is 10.5. The molecule has 13 nitrogen and oxygen atoms in total. The zero-order chi connectivity index (χ0) is 28.7. The van der Waals surface area contributed by atoms with E-state index in [9.17, 15) is 19.2 Å². The predicted molar refractivity (Wildman–Crippen MR) is 140 cm³/mol. The molecule has 13 N–H and O–H groups in total. The first-order valence-corrected chi connectivity index (χ1v) is 13.3. The molecular formula is C20H44N4O9S2. The lowest BCUT2D eigenvalue weighted by Crippen LogP contribution is -2.39. The third-order valence-electron chi connectivity index (χ3n) is 3.75. The first-order chi connectivity index (χ1) is 16.0. The van der Waals surface area contributed by atoms with Gasteiger partial charge in [-0.1, -0.05) is 13.8 Å². The van der Waals surface area contributed by atoms with Crippen LogP contribution >= 0.6 is 23.5 Å². The molecule has 0 aliphatic carbocycles. The second-order valence-electron chi connectivity index (χ2n) is 7.63. The van der Waals surface area contributed by atoms with E-state index in [1.54, 1.807) is 23.5 Å². The van der Waals surface area contributed by atoms with Gasteiger partial charge in [0.2, 0.25) is 0 Å². The van der Waals surface area contributed by atoms with Crippen LogP contribution in [0.4, 0.5) is 0 Å². The summed E-state index contributed by atoms with van der Waals surface area (Å²) < 4.78 is 0. The lowest BCUT2D eigenvalue weighted by atomic mass is 10.1. The van der Waals surface area contributed by atoms with Gasteiger partial charge in [-0.2, -0.15) is 23.5 Å². The van der Waals surface area contributed by atoms with Gasteiger partial charge >= 0.3 is 23.9 Å². The van der Waals surface area contributed by atoms with Crippen molar-refractivity contribution in [3.05, 3.63) is 0 Å². The van der Waals surface area contributed by atoms with E-state index in [2.05, 4.69) is 0 Å². The number of rotatable bonds is 13. The van der Waals surface area contributed by atoms with Crippen molar-refractivity contribution in [3.8, 4) is 0 Å². The van der Waals surface area contributed by atoms with Crippen molar-refractivity contribution < 1.29 is 44.7 Å². The maximum Gasteiger partial charge on any atom is 0.323 e. The molecule has 0 rings (SSSR count). The van der Waals surface area contributed by atoms with Gasteiger partial charge in [-0.3, -0.25) is 19.2 Å². The van der Waals surface area contributed by atoms with Gasteiger partial charge in [0.05, 0.1) is 6.10 Å². The van der Waals surface area contributed by atoms with Gasteiger partial charge in [-0.15, -0.1) is 0 Å². The molecule has 0 amide bonds. The summed E-state index contributed by atoms with van der Waals surface area (Å²) in [5.74, 6) is -1.94. The number of aliphatic carboxylic acids is 4. The largest absolute Gasteiger partial charge is 0.480 e. The fourth-order valence-corrected chi connectivity index (χ4v) is 2.53. The van der Waals surface area contributed by atoms with Gasteiger partial charge in [0.1, 0.15) is 24.2 Å². The standard InChI is InChI=1S/C6H13NO2.2C5H11NO2S.C4H9NO3/c1-4(2)3-5(7)6(8)9;2*1-9-3-2-4(6)5(7)8;1-2(6)3(5)4(7)8/h4-5H,3,7H2,1-2H3,(H,8,9);2*4H,2-3,6H2,1H3,(H,7,8);2-3,6H,5H2,1H3,(H,7,8). The molecule has 0 aromatic rings. The molecule has 0 aliphatic heterocycles. The highest BCUT2D eigenvalue weighted by molar-refractivity contribution is 7.98. The maximum absolute atomic E-state index is 10.1. The SMILES string of the molecule is CC(C)CC(N)C(=O)O.CC(O)C(N)C(=O)O.CSCCC(N)C(=O)O.CSCCC(N)C(=O)O. The highest BCUT2D eigenvalue weighted by atomic mass is 32.2. The molecule has 0 fully saturated rings. The van der Waals surface area contributed by atoms with Gasteiger partial charge < -0.3 is 48.5 Å². The number of thioether (sulfide) groups is 2. The third kappa shape index (κ3) is 32.4. The molecule has 35 heavy (non-hydrogen) atoms. The number of aliphatic hydroxyl groups excluding tert-OH is 1. The van der Waals surface area contributed by atoms with Crippen LogP contribution < -0.4 is 22.9 Å². The van der Waals surface area contributed by atoms with Crippen molar-refractivity contribution >= 4 is 47.4 Å². The summed E-state index contributed by atoms with van der Waals surface area (Å²) in [6.07, 6.45) is 4.53. The molecule has 0 heterocycles. The second-order valence-corrected chi connectivity index (χ2v) is 9.60. The Hall–Kier alpha value is -1.62. The molecule has 5 unspecified atom stereocenters. The highest BCUT2D eigenvalue weighted by Gasteiger charge is 2.16. The monoisotopic (exact) mass is 548 g/mol. The van der Waals surface area contributed by atoms with Crippen LogP contribution in [0, 0.1) is 5.92 Å². The minimum Gasteiger partial charge on any atom is -0.480 e. The van der Waals surface area contributed by atoms with Crippen LogP contribution in [0.15, 0.2) is 0 Å². The topological polar surface area (TPSA) is 274 Å². The quantitative estimate of drug-likeness (QED) is 0.141. The van der Waals surface area contributed by atoms with E-state index in [4.69, 9.17) is 48.5 Å². The van der Waals surface area contributed by atoms with Gasteiger partial charge in [0.25, 0.3) is 0 Å². The number of carbonyl (C=O) groups is 4. The average Bonchev–Trinajstić information content (AvgIpc) is 2.75. The molecule has 0 bridgehead atoms. The molecule has 0 radical (unpaired) electrons. The average molecular weight is 549 g/mol. The third-order valence-corrected chi connectivity index (χ3v) is 5.04. The fourth-order valence-electron chi connectivity index (χ4n) is 1.55. The van der Waals surface area contributed by atoms with Crippen LogP contribution in [0.25, 0.3) is 0 Å². The lowest BCUT2D eigenvalue weighted by Gasteiger charge is -2.07. The Morgan fingerprint density at radius 3 is 1.09 bits per heavy atom. The molecule has 210 valence electrons. The van der Waals surface area contributed by atoms with Crippen molar-refractivity contribution in [2.75, 3.05) is 24.0 Å². The van der Waals surface area contributed by atoms with E-state index < -0.39 is 54.1 Å². The molecule has 5 atom stereocenters. The minimum atomic E-state index is -1.18. The van der Waals surface area contributed by atoms with Gasteiger partial charge in [0, 0.05) is 0 Å². The number of carboxylic acids is 4. The summed E-state index contributed by atoms with van der Waals surface area (Å²) >= 11 is 3.21. The number of aliphatic hydroxyl groups is 1. The Kier molecular flexibility index (Phi) is 29.5. The summed E-state index contributed by atoms with van der Waals surface area (Å²) in [6.45, 7) is 5.23. The molecule has 0 saturated heterocycles. The molecule has 0 saturated carbocycles. The normalized spacial score (nSPS) is 14.3. The van der Waals surface area contributed by atoms with Gasteiger partial charge in [0.15, 0.2) is 0 Å². The molecule has 0 aliphatic rings. The van der Waals surface area contributed by atoms with E-state index in [0.717, 1.165) is 11.5 Å². The number of hydrogen-bond acceptors (Lipinski definition) is 11.